The molecule has 94 valence electrons. The summed E-state index contributed by atoms with van der Waals surface area (Å²) in [6.07, 6.45) is 1.28. The van der Waals surface area contributed by atoms with E-state index in [1.54, 1.807) is 0 Å². The second-order valence-electron chi connectivity index (χ2n) is 4.23. The average molecular weight is 245 g/mol. The van der Waals surface area contributed by atoms with Crippen LogP contribution in [0.1, 0.15) is 24.5 Å². The van der Waals surface area contributed by atoms with Crippen molar-refractivity contribution in [3.05, 3.63) is 35.1 Å². The van der Waals surface area contributed by atoms with Gasteiger partial charge in [-0.15, -0.1) is 0 Å². The van der Waals surface area contributed by atoms with E-state index in [1.165, 1.54) is 0 Å². The summed E-state index contributed by atoms with van der Waals surface area (Å²) >= 11 is 0. The topological polar surface area (TPSA) is 35.2 Å². The molecule has 0 saturated carbocycles. The predicted molar refractivity (Wildman–Crippen MR) is 56.8 cm³/mol. The van der Waals surface area contributed by atoms with E-state index in [0.717, 1.165) is 25.0 Å². The molecule has 1 saturated heterocycles. The number of nitrogens with two attached hydrogens (primary N) is 1. The van der Waals surface area contributed by atoms with Crippen LogP contribution in [0.3, 0.4) is 0 Å². The van der Waals surface area contributed by atoms with E-state index in [4.69, 9.17) is 10.5 Å². The van der Waals surface area contributed by atoms with E-state index < -0.39 is 23.6 Å². The molecule has 2 atom stereocenters. The number of hydrogen-bond donors (Lipinski definition) is 1. The Bertz CT molecular complexity index is 388. The highest BCUT2D eigenvalue weighted by Crippen LogP contribution is 2.34. The molecule has 0 amide bonds. The third-order valence-corrected chi connectivity index (χ3v) is 3.08. The molecule has 1 heterocycles. The van der Waals surface area contributed by atoms with Crippen molar-refractivity contribution in [3.63, 3.8) is 0 Å². The Kier molecular flexibility index (Phi) is 3.69. The molecular formula is C12H14F3NO. The van der Waals surface area contributed by atoms with E-state index in [9.17, 15) is 13.2 Å². The Labute approximate surface area is 97.6 Å². The lowest BCUT2D eigenvalue weighted by molar-refractivity contribution is -0.0255. The maximum absolute atomic E-state index is 13.1. The number of benzene rings is 1. The van der Waals surface area contributed by atoms with Gasteiger partial charge in [0.2, 0.25) is 0 Å². The molecule has 2 N–H and O–H groups in total. The van der Waals surface area contributed by atoms with Gasteiger partial charge in [-0.2, -0.15) is 0 Å². The Morgan fingerprint density at radius 2 is 1.88 bits per heavy atom. The third kappa shape index (κ3) is 2.45. The number of hydrogen-bond acceptors (Lipinski definition) is 2. The van der Waals surface area contributed by atoms with Gasteiger partial charge in [-0.3, -0.25) is 0 Å². The van der Waals surface area contributed by atoms with Crippen LogP contribution in [-0.4, -0.2) is 13.2 Å². The fraction of sp³-hybridized carbons (Fsp3) is 0.500. The summed E-state index contributed by atoms with van der Waals surface area (Å²) in [5, 5.41) is 0. The Morgan fingerprint density at radius 3 is 2.47 bits per heavy atom. The largest absolute Gasteiger partial charge is 0.373 e. The second kappa shape index (κ2) is 5.06. The van der Waals surface area contributed by atoms with Crippen molar-refractivity contribution in [1.29, 1.82) is 0 Å². The minimum Gasteiger partial charge on any atom is -0.373 e. The molecule has 1 fully saturated rings. The normalized spacial score (nSPS) is 24.9. The minimum absolute atomic E-state index is 0.0213. The van der Waals surface area contributed by atoms with E-state index in [2.05, 4.69) is 0 Å². The zero-order chi connectivity index (χ0) is 12.4. The fourth-order valence-corrected chi connectivity index (χ4v) is 2.19. The first-order valence-electron chi connectivity index (χ1n) is 5.59. The molecule has 0 spiro atoms. The van der Waals surface area contributed by atoms with Gasteiger partial charge in [-0.25, -0.2) is 13.2 Å². The van der Waals surface area contributed by atoms with E-state index in [-0.39, 0.29) is 5.92 Å². The van der Waals surface area contributed by atoms with Gasteiger partial charge >= 0.3 is 0 Å². The third-order valence-electron chi connectivity index (χ3n) is 3.08. The van der Waals surface area contributed by atoms with Crippen molar-refractivity contribution in [3.8, 4) is 0 Å². The molecule has 1 aromatic carbocycles. The first-order valence-corrected chi connectivity index (χ1v) is 5.59. The van der Waals surface area contributed by atoms with Gasteiger partial charge < -0.3 is 10.5 Å². The van der Waals surface area contributed by atoms with Crippen LogP contribution >= 0.6 is 0 Å². The summed E-state index contributed by atoms with van der Waals surface area (Å²) in [6, 6.07) is 1.97. The maximum Gasteiger partial charge on any atom is 0.194 e. The molecule has 2 rings (SSSR count). The van der Waals surface area contributed by atoms with Crippen LogP contribution in [0.4, 0.5) is 13.2 Å². The van der Waals surface area contributed by atoms with Crippen molar-refractivity contribution < 1.29 is 17.9 Å². The van der Waals surface area contributed by atoms with Crippen LogP contribution in [-0.2, 0) is 4.74 Å². The lowest BCUT2D eigenvalue weighted by Crippen LogP contribution is -2.28. The summed E-state index contributed by atoms with van der Waals surface area (Å²) in [7, 11) is 0. The standard InChI is InChI=1S/C12H14F3NO/c13-9-4-8(5-10(14)11(9)15)12-7(6-16)2-1-3-17-12/h4-5,7,12H,1-3,6,16H2. The van der Waals surface area contributed by atoms with Crippen molar-refractivity contribution in [2.45, 2.75) is 18.9 Å². The molecule has 2 nitrogen and oxygen atoms in total. The molecule has 0 radical (unpaired) electrons. The van der Waals surface area contributed by atoms with Crippen LogP contribution in [0.25, 0.3) is 0 Å². The van der Waals surface area contributed by atoms with Gasteiger partial charge in [0.15, 0.2) is 17.5 Å². The van der Waals surface area contributed by atoms with Crippen LogP contribution in [0.2, 0.25) is 0 Å². The molecule has 0 bridgehead atoms. The smallest absolute Gasteiger partial charge is 0.194 e. The lowest BCUT2D eigenvalue weighted by Gasteiger charge is -2.31. The highest BCUT2D eigenvalue weighted by atomic mass is 19.2. The Morgan fingerprint density at radius 1 is 1.24 bits per heavy atom. The Balaban J connectivity index is 2.32. The maximum atomic E-state index is 13.1. The predicted octanol–water partition coefficient (Wildman–Crippen LogP) is 2.53. The molecular weight excluding hydrogens is 231 g/mol. The molecule has 5 heteroatoms. The SMILES string of the molecule is NCC1CCCOC1c1cc(F)c(F)c(F)c1. The summed E-state index contributed by atoms with van der Waals surface area (Å²) in [5.74, 6) is -3.81. The van der Waals surface area contributed by atoms with Crippen LogP contribution in [0.5, 0.6) is 0 Å². The van der Waals surface area contributed by atoms with Gasteiger partial charge in [0.1, 0.15) is 0 Å². The van der Waals surface area contributed by atoms with E-state index in [1.807, 2.05) is 0 Å². The highest BCUT2D eigenvalue weighted by Gasteiger charge is 2.28. The van der Waals surface area contributed by atoms with Crippen molar-refractivity contribution in [1.82, 2.24) is 0 Å². The van der Waals surface area contributed by atoms with Gasteiger partial charge in [-0.05, 0) is 37.1 Å². The summed E-state index contributed by atoms with van der Waals surface area (Å²) < 4.78 is 44.6. The number of rotatable bonds is 2. The highest BCUT2D eigenvalue weighted by molar-refractivity contribution is 5.22. The van der Waals surface area contributed by atoms with Gasteiger partial charge in [-0.1, -0.05) is 0 Å². The molecule has 2 unspecified atom stereocenters. The molecule has 0 aliphatic carbocycles. The summed E-state index contributed by atoms with van der Waals surface area (Å²) in [5.41, 5.74) is 5.91. The zero-order valence-corrected chi connectivity index (χ0v) is 9.26. The molecule has 1 aliphatic rings. The van der Waals surface area contributed by atoms with E-state index in [0.29, 0.717) is 18.7 Å². The molecule has 1 aliphatic heterocycles. The Hall–Kier alpha value is -1.07. The lowest BCUT2D eigenvalue weighted by atomic mass is 9.89. The van der Waals surface area contributed by atoms with Crippen molar-refractivity contribution in [2.24, 2.45) is 11.7 Å². The zero-order valence-electron chi connectivity index (χ0n) is 9.26. The van der Waals surface area contributed by atoms with E-state index >= 15 is 0 Å². The van der Waals surface area contributed by atoms with Crippen LogP contribution in [0.15, 0.2) is 12.1 Å². The summed E-state index contributed by atoms with van der Waals surface area (Å²) in [6.45, 7) is 0.910. The first-order chi connectivity index (χ1) is 8.13. The summed E-state index contributed by atoms with van der Waals surface area (Å²) in [4.78, 5) is 0. The van der Waals surface area contributed by atoms with Crippen molar-refractivity contribution in [2.75, 3.05) is 13.2 Å². The second-order valence-corrected chi connectivity index (χ2v) is 4.23. The average Bonchev–Trinajstić information content (AvgIpc) is 2.35. The fourth-order valence-electron chi connectivity index (χ4n) is 2.19. The number of ether oxygens (including phenoxy) is 1. The van der Waals surface area contributed by atoms with Crippen LogP contribution < -0.4 is 5.73 Å². The van der Waals surface area contributed by atoms with Gasteiger partial charge in [0.25, 0.3) is 0 Å². The molecule has 1 aromatic rings. The minimum atomic E-state index is -1.45. The van der Waals surface area contributed by atoms with Crippen LogP contribution in [0, 0.1) is 23.4 Å². The van der Waals surface area contributed by atoms with Gasteiger partial charge in [0.05, 0.1) is 6.10 Å². The first kappa shape index (κ1) is 12.4. The monoisotopic (exact) mass is 245 g/mol. The van der Waals surface area contributed by atoms with Gasteiger partial charge in [0, 0.05) is 12.5 Å². The number of halogens is 3. The molecule has 17 heavy (non-hydrogen) atoms. The van der Waals surface area contributed by atoms with Crippen molar-refractivity contribution >= 4 is 0 Å². The quantitative estimate of drug-likeness (QED) is 0.812. The molecule has 0 aromatic heterocycles.